The second kappa shape index (κ2) is 7.93. The first kappa shape index (κ1) is 15.7. The third kappa shape index (κ3) is 4.39. The van der Waals surface area contributed by atoms with Crippen molar-refractivity contribution in [3.05, 3.63) is 46.4 Å². The first-order valence-electron chi connectivity index (χ1n) is 6.94. The number of hydrogen-bond acceptors (Lipinski definition) is 4. The van der Waals surface area contributed by atoms with Crippen molar-refractivity contribution in [1.29, 1.82) is 0 Å². The maximum atomic E-state index is 13.5. The molecule has 112 valence electrons. The zero-order valence-electron chi connectivity index (χ0n) is 11.9. The Kier molecular flexibility index (Phi) is 5.92. The largest absolute Gasteiger partial charge is 0.369 e. The zero-order valence-corrected chi connectivity index (χ0v) is 13.5. The molecule has 0 bridgehead atoms. The van der Waals surface area contributed by atoms with Crippen molar-refractivity contribution in [1.82, 2.24) is 9.97 Å². The molecule has 0 atom stereocenters. The van der Waals surface area contributed by atoms with Crippen LogP contribution in [-0.4, -0.2) is 23.1 Å². The molecule has 2 rings (SSSR count). The van der Waals surface area contributed by atoms with Crippen molar-refractivity contribution in [2.45, 2.75) is 19.8 Å². The van der Waals surface area contributed by atoms with Gasteiger partial charge in [0.2, 0.25) is 0 Å². The van der Waals surface area contributed by atoms with Gasteiger partial charge in [-0.2, -0.15) is 0 Å². The van der Waals surface area contributed by atoms with E-state index >= 15 is 0 Å². The van der Waals surface area contributed by atoms with Crippen molar-refractivity contribution in [3.63, 3.8) is 0 Å². The van der Waals surface area contributed by atoms with E-state index in [0.29, 0.717) is 24.3 Å². The fraction of sp³-hybridized carbons (Fsp3) is 0.333. The second-order valence-corrected chi connectivity index (χ2v) is 5.37. The van der Waals surface area contributed by atoms with E-state index in [2.05, 4.69) is 43.5 Å². The molecule has 1 heterocycles. The van der Waals surface area contributed by atoms with Gasteiger partial charge < -0.3 is 10.6 Å². The summed E-state index contributed by atoms with van der Waals surface area (Å²) in [6.45, 7) is 3.55. The lowest BCUT2D eigenvalue weighted by molar-refractivity contribution is 0.610. The van der Waals surface area contributed by atoms with Gasteiger partial charge in [-0.05, 0) is 40.4 Å². The smallest absolute Gasteiger partial charge is 0.145 e. The number of nitrogens with zero attached hydrogens (tertiary/aromatic N) is 2. The van der Waals surface area contributed by atoms with Gasteiger partial charge in [0.15, 0.2) is 0 Å². The second-order valence-electron chi connectivity index (χ2n) is 4.58. The van der Waals surface area contributed by atoms with Gasteiger partial charge in [-0.25, -0.2) is 14.4 Å². The SMILES string of the molecule is CCCNc1ncnc(NCCc2ccccc2F)c1Br. The Morgan fingerprint density at radius 1 is 1.10 bits per heavy atom. The molecule has 0 fully saturated rings. The van der Waals surface area contributed by atoms with Crippen LogP contribution in [0.25, 0.3) is 0 Å². The normalized spacial score (nSPS) is 10.4. The molecule has 0 saturated carbocycles. The Labute approximate surface area is 132 Å². The molecule has 21 heavy (non-hydrogen) atoms. The van der Waals surface area contributed by atoms with Crippen molar-refractivity contribution >= 4 is 27.6 Å². The minimum atomic E-state index is -0.175. The molecule has 1 aromatic heterocycles. The quantitative estimate of drug-likeness (QED) is 0.794. The van der Waals surface area contributed by atoms with Crippen molar-refractivity contribution < 1.29 is 4.39 Å². The summed E-state index contributed by atoms with van der Waals surface area (Å²) in [5.74, 6) is 1.30. The summed E-state index contributed by atoms with van der Waals surface area (Å²) in [5, 5.41) is 6.42. The highest BCUT2D eigenvalue weighted by Gasteiger charge is 2.08. The number of rotatable bonds is 7. The summed E-state index contributed by atoms with van der Waals surface area (Å²) in [5.41, 5.74) is 0.694. The first-order valence-corrected chi connectivity index (χ1v) is 7.73. The number of halogens is 2. The minimum Gasteiger partial charge on any atom is -0.369 e. The van der Waals surface area contributed by atoms with Crippen LogP contribution in [0, 0.1) is 5.82 Å². The predicted octanol–water partition coefficient (Wildman–Crippen LogP) is 3.85. The van der Waals surface area contributed by atoms with Crippen molar-refractivity contribution in [2.75, 3.05) is 23.7 Å². The molecule has 4 nitrogen and oxygen atoms in total. The van der Waals surface area contributed by atoms with Crippen LogP contribution in [0.2, 0.25) is 0 Å². The number of benzene rings is 1. The molecule has 0 unspecified atom stereocenters. The van der Waals surface area contributed by atoms with Gasteiger partial charge in [-0.1, -0.05) is 25.1 Å². The van der Waals surface area contributed by atoms with E-state index in [4.69, 9.17) is 0 Å². The highest BCUT2D eigenvalue weighted by molar-refractivity contribution is 9.10. The van der Waals surface area contributed by atoms with E-state index in [9.17, 15) is 4.39 Å². The average molecular weight is 353 g/mol. The summed E-state index contributed by atoms with van der Waals surface area (Å²) in [6, 6.07) is 6.80. The van der Waals surface area contributed by atoms with E-state index in [-0.39, 0.29) is 5.82 Å². The van der Waals surface area contributed by atoms with Crippen LogP contribution in [-0.2, 0) is 6.42 Å². The van der Waals surface area contributed by atoms with E-state index in [0.717, 1.165) is 23.3 Å². The third-order valence-corrected chi connectivity index (χ3v) is 3.73. The highest BCUT2D eigenvalue weighted by Crippen LogP contribution is 2.26. The molecule has 0 spiro atoms. The Bertz CT molecular complexity index is 592. The lowest BCUT2D eigenvalue weighted by Gasteiger charge is -2.11. The van der Waals surface area contributed by atoms with Gasteiger partial charge >= 0.3 is 0 Å². The van der Waals surface area contributed by atoms with Gasteiger partial charge in [0.25, 0.3) is 0 Å². The molecule has 0 amide bonds. The van der Waals surface area contributed by atoms with Crippen LogP contribution in [0.3, 0.4) is 0 Å². The van der Waals surface area contributed by atoms with Gasteiger partial charge in [0.1, 0.15) is 28.3 Å². The average Bonchev–Trinajstić information content (AvgIpc) is 2.49. The Morgan fingerprint density at radius 2 is 1.76 bits per heavy atom. The highest BCUT2D eigenvalue weighted by atomic mass is 79.9. The zero-order chi connectivity index (χ0) is 15.1. The molecule has 0 saturated heterocycles. The predicted molar refractivity (Wildman–Crippen MR) is 87.1 cm³/mol. The summed E-state index contributed by atoms with van der Waals surface area (Å²) in [7, 11) is 0. The molecule has 0 radical (unpaired) electrons. The Balaban J connectivity index is 1.95. The molecule has 0 aliphatic heterocycles. The molecule has 0 aliphatic carbocycles. The summed E-state index contributed by atoms with van der Waals surface area (Å²) in [6.07, 6.45) is 3.13. The van der Waals surface area contributed by atoms with Gasteiger partial charge in [-0.15, -0.1) is 0 Å². The third-order valence-electron chi connectivity index (χ3n) is 2.98. The molecular formula is C15H18BrFN4. The fourth-order valence-electron chi connectivity index (χ4n) is 1.88. The molecule has 0 aliphatic rings. The first-order chi connectivity index (χ1) is 10.2. The summed E-state index contributed by atoms with van der Waals surface area (Å²) >= 11 is 3.49. The van der Waals surface area contributed by atoms with Crippen LogP contribution in [0.5, 0.6) is 0 Å². The van der Waals surface area contributed by atoms with Gasteiger partial charge in [0, 0.05) is 13.1 Å². The Hall–Kier alpha value is -1.69. The van der Waals surface area contributed by atoms with Crippen molar-refractivity contribution in [3.8, 4) is 0 Å². The van der Waals surface area contributed by atoms with E-state index in [1.807, 2.05) is 6.07 Å². The monoisotopic (exact) mass is 352 g/mol. The maximum absolute atomic E-state index is 13.5. The lowest BCUT2D eigenvalue weighted by atomic mass is 10.1. The molecule has 2 N–H and O–H groups in total. The van der Waals surface area contributed by atoms with Gasteiger partial charge in [-0.3, -0.25) is 0 Å². The van der Waals surface area contributed by atoms with Crippen LogP contribution in [0.1, 0.15) is 18.9 Å². The van der Waals surface area contributed by atoms with Crippen LogP contribution in [0.15, 0.2) is 35.1 Å². The topological polar surface area (TPSA) is 49.8 Å². The fourth-order valence-corrected chi connectivity index (χ4v) is 2.36. The molecule has 2 aromatic rings. The number of nitrogens with one attached hydrogen (secondary N) is 2. The summed E-state index contributed by atoms with van der Waals surface area (Å²) < 4.78 is 14.3. The van der Waals surface area contributed by atoms with Crippen LogP contribution < -0.4 is 10.6 Å². The lowest BCUT2D eigenvalue weighted by Crippen LogP contribution is -2.10. The standard InChI is InChI=1S/C15H18BrFN4/c1-2-8-18-14-13(16)15(21-10-20-14)19-9-7-11-5-3-4-6-12(11)17/h3-6,10H,2,7-9H2,1H3,(H2,18,19,20,21). The van der Waals surface area contributed by atoms with Gasteiger partial charge in [0.05, 0.1) is 0 Å². The maximum Gasteiger partial charge on any atom is 0.145 e. The van der Waals surface area contributed by atoms with Crippen LogP contribution >= 0.6 is 15.9 Å². The van der Waals surface area contributed by atoms with E-state index in [1.165, 1.54) is 12.4 Å². The molecular weight excluding hydrogens is 335 g/mol. The minimum absolute atomic E-state index is 0.175. The number of anilines is 2. The summed E-state index contributed by atoms with van der Waals surface area (Å²) in [4.78, 5) is 8.39. The Morgan fingerprint density at radius 3 is 2.43 bits per heavy atom. The van der Waals surface area contributed by atoms with E-state index < -0.39 is 0 Å². The van der Waals surface area contributed by atoms with Crippen LogP contribution in [0.4, 0.5) is 16.0 Å². The number of aromatic nitrogens is 2. The van der Waals surface area contributed by atoms with E-state index in [1.54, 1.807) is 12.1 Å². The molecule has 1 aromatic carbocycles. The molecule has 6 heteroatoms. The van der Waals surface area contributed by atoms with Crippen molar-refractivity contribution in [2.24, 2.45) is 0 Å². The number of hydrogen-bond donors (Lipinski definition) is 2.